The van der Waals surface area contributed by atoms with E-state index in [1.807, 2.05) is 43.1 Å². The number of hydrogen-bond acceptors (Lipinski definition) is 5. The average molecular weight is 516 g/mol. The predicted octanol–water partition coefficient (Wildman–Crippen LogP) is 2.76. The number of ether oxygens (including phenoxy) is 1. The van der Waals surface area contributed by atoms with E-state index in [0.717, 1.165) is 6.42 Å². The molecule has 4 aliphatic rings. The average Bonchev–Trinajstić information content (AvgIpc) is 3.09. The lowest BCUT2D eigenvalue weighted by atomic mass is 9.73. The first-order chi connectivity index (χ1) is 17.2. The molecule has 206 valence electrons. The van der Waals surface area contributed by atoms with E-state index in [-0.39, 0.29) is 29.7 Å². The third-order valence-corrected chi connectivity index (χ3v) is 8.85. The highest BCUT2D eigenvalue weighted by atomic mass is 16.5. The van der Waals surface area contributed by atoms with Crippen LogP contribution in [0.25, 0.3) is 0 Å². The molecule has 4 heterocycles. The summed E-state index contributed by atoms with van der Waals surface area (Å²) in [6.07, 6.45) is 9.46. The molecule has 0 aromatic heterocycles. The van der Waals surface area contributed by atoms with Gasteiger partial charge in [0.2, 0.25) is 17.7 Å². The molecule has 1 N–H and O–H groups in total. The van der Waals surface area contributed by atoms with E-state index in [1.54, 1.807) is 16.8 Å². The molecule has 0 aromatic rings. The largest absolute Gasteiger partial charge is 0.394 e. The topological polar surface area (TPSA) is 90.4 Å². The minimum Gasteiger partial charge on any atom is -0.394 e. The normalized spacial score (nSPS) is 34.9. The third-order valence-electron chi connectivity index (χ3n) is 8.85. The highest BCUT2D eigenvalue weighted by Crippen LogP contribution is 2.59. The number of carbonyl (C=O) groups is 3. The molecule has 0 aromatic carbocycles. The van der Waals surface area contributed by atoms with Gasteiger partial charge in [0.25, 0.3) is 0 Å². The summed E-state index contributed by atoms with van der Waals surface area (Å²) in [5.74, 6) is -2.20. The number of likely N-dealkylation sites (N-methyl/N-ethyl adjacent to an activating group) is 1. The fraction of sp³-hybridized carbons (Fsp3) is 0.759. The lowest BCUT2D eigenvalue weighted by molar-refractivity contribution is -0.160. The molecular weight excluding hydrogens is 470 g/mol. The fourth-order valence-electron chi connectivity index (χ4n) is 7.57. The Hall–Kier alpha value is -2.19. The highest BCUT2D eigenvalue weighted by Gasteiger charge is 2.76. The maximum absolute atomic E-state index is 14.6. The molecule has 0 radical (unpaired) electrons. The Labute approximate surface area is 221 Å². The fourth-order valence-corrected chi connectivity index (χ4v) is 7.57. The van der Waals surface area contributed by atoms with Crippen LogP contribution >= 0.6 is 0 Å². The van der Waals surface area contributed by atoms with Crippen LogP contribution in [0.2, 0.25) is 0 Å². The SMILES string of the molecule is CC[C@@H](CO)N1C(=O)[C@@H]2[C@@H]3C(=O)N(C)CC=C[C@]3(CC)O[C@@]23C=CCN(C(C)(C)CC(C)(C)C)C(=O)C13. The van der Waals surface area contributed by atoms with Gasteiger partial charge in [0, 0.05) is 25.7 Å². The van der Waals surface area contributed by atoms with Crippen molar-refractivity contribution >= 4 is 17.7 Å². The quantitative estimate of drug-likeness (QED) is 0.550. The summed E-state index contributed by atoms with van der Waals surface area (Å²) in [4.78, 5) is 47.8. The second-order valence-corrected chi connectivity index (χ2v) is 13.1. The van der Waals surface area contributed by atoms with Crippen LogP contribution in [0.5, 0.6) is 0 Å². The van der Waals surface area contributed by atoms with Gasteiger partial charge in [-0.25, -0.2) is 0 Å². The van der Waals surface area contributed by atoms with E-state index in [0.29, 0.717) is 25.9 Å². The number of hydrogen-bond donors (Lipinski definition) is 1. The van der Waals surface area contributed by atoms with E-state index in [2.05, 4.69) is 34.6 Å². The summed E-state index contributed by atoms with van der Waals surface area (Å²) < 4.78 is 6.96. The number of likely N-dealkylation sites (tertiary alicyclic amines) is 1. The first-order valence-corrected chi connectivity index (χ1v) is 13.7. The highest BCUT2D eigenvalue weighted by molar-refractivity contribution is 6.00. The van der Waals surface area contributed by atoms with E-state index >= 15 is 0 Å². The molecule has 37 heavy (non-hydrogen) atoms. The number of rotatable bonds is 6. The van der Waals surface area contributed by atoms with Gasteiger partial charge in [0.05, 0.1) is 30.1 Å². The first kappa shape index (κ1) is 27.8. The van der Waals surface area contributed by atoms with Crippen LogP contribution in [0.1, 0.15) is 67.7 Å². The van der Waals surface area contributed by atoms with Gasteiger partial charge in [0.1, 0.15) is 11.6 Å². The monoisotopic (exact) mass is 515 g/mol. The Bertz CT molecular complexity index is 1010. The van der Waals surface area contributed by atoms with Crippen molar-refractivity contribution < 1.29 is 24.2 Å². The number of amides is 3. The van der Waals surface area contributed by atoms with E-state index in [4.69, 9.17) is 4.74 Å². The lowest BCUT2D eigenvalue weighted by Crippen LogP contribution is -2.62. The van der Waals surface area contributed by atoms with Crippen LogP contribution in [0, 0.1) is 17.3 Å². The van der Waals surface area contributed by atoms with Crippen LogP contribution in [0.3, 0.4) is 0 Å². The maximum Gasteiger partial charge on any atom is 0.249 e. The summed E-state index contributed by atoms with van der Waals surface area (Å²) in [7, 11) is 1.74. The first-order valence-electron chi connectivity index (χ1n) is 13.7. The molecule has 3 amide bonds. The summed E-state index contributed by atoms with van der Waals surface area (Å²) in [5.41, 5.74) is -2.77. The molecule has 2 saturated heterocycles. The molecule has 8 nitrogen and oxygen atoms in total. The summed E-state index contributed by atoms with van der Waals surface area (Å²) in [6, 6.07) is -1.50. The van der Waals surface area contributed by atoms with Crippen molar-refractivity contribution in [2.75, 3.05) is 26.7 Å². The number of fused-ring (bicyclic) bond motifs is 2. The zero-order valence-corrected chi connectivity index (χ0v) is 23.8. The summed E-state index contributed by atoms with van der Waals surface area (Å²) in [6.45, 7) is 15.0. The number of carbonyl (C=O) groups excluding carboxylic acids is 3. The van der Waals surface area contributed by atoms with E-state index < -0.39 is 40.7 Å². The van der Waals surface area contributed by atoms with E-state index in [9.17, 15) is 19.5 Å². The molecule has 8 heteroatoms. The van der Waals surface area contributed by atoms with Crippen molar-refractivity contribution in [1.29, 1.82) is 0 Å². The minimum absolute atomic E-state index is 0.0205. The van der Waals surface area contributed by atoms with E-state index in [1.165, 1.54) is 0 Å². The molecule has 2 fully saturated rings. The van der Waals surface area contributed by atoms with Crippen molar-refractivity contribution in [2.24, 2.45) is 17.3 Å². The van der Waals surface area contributed by atoms with Crippen LogP contribution in [-0.2, 0) is 19.1 Å². The molecule has 0 saturated carbocycles. The van der Waals surface area contributed by atoms with Gasteiger partial charge < -0.3 is 24.5 Å². The number of aliphatic hydroxyl groups excluding tert-OH is 1. The summed E-state index contributed by atoms with van der Waals surface area (Å²) in [5, 5.41) is 10.3. The van der Waals surface area contributed by atoms with Crippen molar-refractivity contribution in [3.8, 4) is 0 Å². The second-order valence-electron chi connectivity index (χ2n) is 13.1. The molecule has 4 aliphatic heterocycles. The molecule has 6 atom stereocenters. The van der Waals surface area contributed by atoms with Gasteiger partial charge in [-0.05, 0) is 38.5 Å². The van der Waals surface area contributed by atoms with Crippen LogP contribution < -0.4 is 0 Å². The van der Waals surface area contributed by atoms with Crippen LogP contribution in [-0.4, -0.2) is 93.1 Å². The zero-order valence-electron chi connectivity index (χ0n) is 23.8. The molecule has 0 bridgehead atoms. The van der Waals surface area contributed by atoms with Crippen LogP contribution in [0.15, 0.2) is 24.3 Å². The van der Waals surface area contributed by atoms with Crippen molar-refractivity contribution in [3.05, 3.63) is 24.3 Å². The lowest BCUT2D eigenvalue weighted by Gasteiger charge is -2.45. The standard InChI is InChI=1S/C29H45N3O5/c1-9-19(17-33)32-22-25(36)31(27(6,7)18-26(3,4)5)16-12-14-29(22)21(24(32)35)20-23(34)30(8)15-11-13-28(20,10-2)37-29/h11-14,19-22,33H,9-10,15-18H2,1-8H3/t19-,20+,21-,22?,28-,29-/m0/s1. The van der Waals surface area contributed by atoms with Gasteiger partial charge in [-0.15, -0.1) is 0 Å². The Morgan fingerprint density at radius 2 is 1.65 bits per heavy atom. The smallest absolute Gasteiger partial charge is 0.249 e. The van der Waals surface area contributed by atoms with Crippen molar-refractivity contribution in [2.45, 2.75) is 96.6 Å². The number of aliphatic hydroxyl groups is 1. The Morgan fingerprint density at radius 1 is 1.00 bits per heavy atom. The maximum atomic E-state index is 14.6. The second kappa shape index (κ2) is 9.23. The number of nitrogens with zero attached hydrogens (tertiary/aromatic N) is 3. The van der Waals surface area contributed by atoms with Gasteiger partial charge in [-0.1, -0.05) is 58.9 Å². The third kappa shape index (κ3) is 4.15. The molecule has 1 unspecified atom stereocenters. The zero-order chi connectivity index (χ0) is 27.6. The molecular formula is C29H45N3O5. The van der Waals surface area contributed by atoms with Gasteiger partial charge in [-0.2, -0.15) is 0 Å². The molecule has 4 rings (SSSR count). The minimum atomic E-state index is -1.29. The predicted molar refractivity (Wildman–Crippen MR) is 141 cm³/mol. The van der Waals surface area contributed by atoms with Crippen LogP contribution in [0.4, 0.5) is 0 Å². The van der Waals surface area contributed by atoms with Gasteiger partial charge in [-0.3, -0.25) is 14.4 Å². The Morgan fingerprint density at radius 3 is 2.22 bits per heavy atom. The summed E-state index contributed by atoms with van der Waals surface area (Å²) >= 11 is 0. The molecule has 0 aliphatic carbocycles. The Kier molecular flexibility index (Phi) is 6.94. The van der Waals surface area contributed by atoms with Gasteiger partial charge in [0.15, 0.2) is 0 Å². The molecule has 1 spiro atoms. The van der Waals surface area contributed by atoms with Crippen molar-refractivity contribution in [3.63, 3.8) is 0 Å². The van der Waals surface area contributed by atoms with Crippen molar-refractivity contribution in [1.82, 2.24) is 14.7 Å². The Balaban J connectivity index is 1.91. The van der Waals surface area contributed by atoms with Gasteiger partial charge >= 0.3 is 0 Å².